The molecule has 3 aromatic rings. The first kappa shape index (κ1) is 18.2. The van der Waals surface area contributed by atoms with Crippen LogP contribution >= 0.6 is 11.6 Å². The molecule has 0 aliphatic heterocycles. The standard InChI is InChI=1S/C16H14BClN4O4/c1-9-7-19-15(24)22(14(9)23)8-13-20-12(21-26-13)6-16(17,25)10-2-4-11(18)5-3-10/h2-5,7,25H,6,8H2,1H3,(H,19,24). The molecule has 0 amide bonds. The van der Waals surface area contributed by atoms with Gasteiger partial charge in [-0.05, 0) is 24.6 Å². The van der Waals surface area contributed by atoms with Crippen molar-refractivity contribution < 1.29 is 9.63 Å². The normalized spacial score (nSPS) is 13.5. The average Bonchev–Trinajstić information content (AvgIpc) is 3.02. The van der Waals surface area contributed by atoms with Gasteiger partial charge in [-0.25, -0.2) is 4.79 Å². The first-order valence-corrected chi connectivity index (χ1v) is 8.02. The number of aryl methyl sites for hydroxylation is 1. The van der Waals surface area contributed by atoms with Crippen LogP contribution in [-0.4, -0.2) is 32.6 Å². The Morgan fingerprint density at radius 1 is 1.35 bits per heavy atom. The van der Waals surface area contributed by atoms with Crippen LogP contribution in [0.5, 0.6) is 0 Å². The van der Waals surface area contributed by atoms with Crippen molar-refractivity contribution in [1.29, 1.82) is 0 Å². The lowest BCUT2D eigenvalue weighted by Crippen LogP contribution is -2.36. The molecule has 10 heteroatoms. The number of rotatable bonds is 5. The molecule has 0 aliphatic rings. The molecule has 0 spiro atoms. The van der Waals surface area contributed by atoms with Gasteiger partial charge >= 0.3 is 5.69 Å². The number of aliphatic hydroxyl groups is 1. The van der Waals surface area contributed by atoms with Gasteiger partial charge in [-0.15, -0.1) is 0 Å². The third-order valence-corrected chi connectivity index (χ3v) is 4.07. The van der Waals surface area contributed by atoms with Crippen molar-refractivity contribution in [2.24, 2.45) is 0 Å². The van der Waals surface area contributed by atoms with Gasteiger partial charge in [-0.3, -0.25) is 9.36 Å². The van der Waals surface area contributed by atoms with E-state index in [2.05, 4.69) is 15.1 Å². The van der Waals surface area contributed by atoms with Gasteiger partial charge in [0.15, 0.2) is 5.82 Å². The van der Waals surface area contributed by atoms with Crippen LogP contribution in [0.15, 0.2) is 44.6 Å². The van der Waals surface area contributed by atoms with Crippen molar-refractivity contribution in [2.75, 3.05) is 0 Å². The molecule has 8 nitrogen and oxygen atoms in total. The molecule has 1 aromatic carbocycles. The highest BCUT2D eigenvalue weighted by atomic mass is 35.5. The Hall–Kier alpha value is -2.65. The number of nitrogens with one attached hydrogen (secondary N) is 1. The van der Waals surface area contributed by atoms with E-state index >= 15 is 0 Å². The smallest absolute Gasteiger partial charge is 0.328 e. The maximum Gasteiger partial charge on any atom is 0.328 e. The van der Waals surface area contributed by atoms with Gasteiger partial charge in [0, 0.05) is 23.2 Å². The van der Waals surface area contributed by atoms with E-state index in [1.165, 1.54) is 6.20 Å². The van der Waals surface area contributed by atoms with Gasteiger partial charge in [-0.1, -0.05) is 28.9 Å². The molecule has 0 fully saturated rings. The highest BCUT2D eigenvalue weighted by Crippen LogP contribution is 2.23. The fourth-order valence-corrected chi connectivity index (χ4v) is 2.53. The Morgan fingerprint density at radius 2 is 2.04 bits per heavy atom. The summed E-state index contributed by atoms with van der Waals surface area (Å²) in [5.74, 6) is 0.183. The Balaban J connectivity index is 1.80. The quantitative estimate of drug-likeness (QED) is 0.630. The van der Waals surface area contributed by atoms with Crippen molar-refractivity contribution >= 4 is 19.4 Å². The number of hydrogen-bond acceptors (Lipinski definition) is 6. The topological polar surface area (TPSA) is 114 Å². The van der Waals surface area contributed by atoms with Crippen LogP contribution in [0.1, 0.15) is 22.8 Å². The number of aromatic amines is 1. The second-order valence-electron chi connectivity index (χ2n) is 5.88. The van der Waals surface area contributed by atoms with E-state index in [-0.39, 0.29) is 24.7 Å². The molecule has 0 aliphatic carbocycles. The Kier molecular flexibility index (Phi) is 4.84. The molecular formula is C16H14BClN4O4. The van der Waals surface area contributed by atoms with Crippen molar-refractivity contribution in [3.8, 4) is 0 Å². The molecule has 2 radical (unpaired) electrons. The van der Waals surface area contributed by atoms with Crippen LogP contribution in [0.2, 0.25) is 5.02 Å². The van der Waals surface area contributed by atoms with E-state index in [9.17, 15) is 14.7 Å². The number of nitrogens with zero attached hydrogens (tertiary/aromatic N) is 3. The van der Waals surface area contributed by atoms with Gasteiger partial charge in [0.1, 0.15) is 14.4 Å². The summed E-state index contributed by atoms with van der Waals surface area (Å²) in [7, 11) is 5.93. The summed E-state index contributed by atoms with van der Waals surface area (Å²) >= 11 is 5.82. The molecular weight excluding hydrogens is 358 g/mol. The summed E-state index contributed by atoms with van der Waals surface area (Å²) in [5, 5.41) is 14.7. The molecule has 3 rings (SSSR count). The lowest BCUT2D eigenvalue weighted by atomic mass is 9.73. The van der Waals surface area contributed by atoms with Crippen molar-refractivity contribution in [3.63, 3.8) is 0 Å². The molecule has 1 atom stereocenters. The Morgan fingerprint density at radius 3 is 2.73 bits per heavy atom. The lowest BCUT2D eigenvalue weighted by Gasteiger charge is -2.22. The fourth-order valence-electron chi connectivity index (χ4n) is 2.40. The zero-order valence-corrected chi connectivity index (χ0v) is 14.5. The molecule has 0 saturated carbocycles. The molecule has 1 unspecified atom stereocenters. The predicted octanol–water partition coefficient (Wildman–Crippen LogP) is 0.486. The van der Waals surface area contributed by atoms with Crippen LogP contribution < -0.4 is 11.2 Å². The maximum absolute atomic E-state index is 12.0. The second kappa shape index (κ2) is 6.93. The highest BCUT2D eigenvalue weighted by molar-refractivity contribution is 6.30. The van der Waals surface area contributed by atoms with E-state index in [1.807, 2.05) is 0 Å². The zero-order valence-electron chi connectivity index (χ0n) is 13.8. The summed E-state index contributed by atoms with van der Waals surface area (Å²) in [6.45, 7) is 1.39. The number of hydrogen-bond donors (Lipinski definition) is 2. The first-order valence-electron chi connectivity index (χ1n) is 7.64. The molecule has 26 heavy (non-hydrogen) atoms. The third kappa shape index (κ3) is 3.78. The minimum atomic E-state index is -1.73. The van der Waals surface area contributed by atoms with Crippen molar-refractivity contribution in [2.45, 2.75) is 25.4 Å². The second-order valence-corrected chi connectivity index (χ2v) is 6.32. The molecule has 2 N–H and O–H groups in total. The van der Waals surface area contributed by atoms with E-state index < -0.39 is 16.7 Å². The van der Waals surface area contributed by atoms with Crippen LogP contribution in [-0.2, 0) is 18.5 Å². The average molecular weight is 373 g/mol. The zero-order chi connectivity index (χ0) is 18.9. The summed E-state index contributed by atoms with van der Waals surface area (Å²) in [5.41, 5.74) is -1.96. The Labute approximate surface area is 153 Å². The van der Waals surface area contributed by atoms with Gasteiger partial charge < -0.3 is 14.6 Å². The van der Waals surface area contributed by atoms with Crippen molar-refractivity contribution in [3.05, 3.63) is 79.2 Å². The highest BCUT2D eigenvalue weighted by Gasteiger charge is 2.26. The van der Waals surface area contributed by atoms with Crippen LogP contribution in [0.3, 0.4) is 0 Å². The van der Waals surface area contributed by atoms with E-state index in [4.69, 9.17) is 24.0 Å². The summed E-state index contributed by atoms with van der Waals surface area (Å²) in [6.07, 6.45) is 1.21. The van der Waals surface area contributed by atoms with E-state index in [1.54, 1.807) is 31.2 Å². The molecule has 0 bridgehead atoms. The van der Waals surface area contributed by atoms with E-state index in [0.717, 1.165) is 4.57 Å². The van der Waals surface area contributed by atoms with Crippen molar-refractivity contribution in [1.82, 2.24) is 19.7 Å². The van der Waals surface area contributed by atoms with Crippen LogP contribution in [0.25, 0.3) is 0 Å². The number of halogens is 1. The first-order chi connectivity index (χ1) is 12.3. The number of benzene rings is 1. The lowest BCUT2D eigenvalue weighted by molar-refractivity contribution is 0.125. The SMILES string of the molecule is [B]C(O)(Cc1noc(Cn2c(=O)[nH]cc(C)c2=O)n1)c1ccc(Cl)cc1. The maximum atomic E-state index is 12.0. The van der Waals surface area contributed by atoms with Crippen LogP contribution in [0.4, 0.5) is 0 Å². The third-order valence-electron chi connectivity index (χ3n) is 3.82. The minimum absolute atomic E-state index is 0.0464. The predicted molar refractivity (Wildman–Crippen MR) is 94.3 cm³/mol. The largest absolute Gasteiger partial charge is 0.395 e. The van der Waals surface area contributed by atoms with Gasteiger partial charge in [0.05, 0.1) is 5.50 Å². The number of aromatic nitrogens is 4. The van der Waals surface area contributed by atoms with E-state index in [0.29, 0.717) is 16.1 Å². The van der Waals surface area contributed by atoms with Gasteiger partial charge in [0.2, 0.25) is 5.89 Å². The molecule has 2 heterocycles. The summed E-state index contributed by atoms with van der Waals surface area (Å²) in [4.78, 5) is 30.4. The van der Waals surface area contributed by atoms with Gasteiger partial charge in [-0.2, -0.15) is 4.98 Å². The van der Waals surface area contributed by atoms with Crippen LogP contribution in [0, 0.1) is 6.92 Å². The molecule has 0 saturated heterocycles. The van der Waals surface area contributed by atoms with Gasteiger partial charge in [0.25, 0.3) is 5.56 Å². The summed E-state index contributed by atoms with van der Waals surface area (Å²) in [6, 6.07) is 6.39. The number of H-pyrrole nitrogens is 1. The summed E-state index contributed by atoms with van der Waals surface area (Å²) < 4.78 is 6.00. The minimum Gasteiger partial charge on any atom is -0.395 e. The Bertz CT molecular complexity index is 1040. The molecule has 2 aromatic heterocycles. The fraction of sp³-hybridized carbons (Fsp3) is 0.250. The monoisotopic (exact) mass is 372 g/mol. The molecule has 132 valence electrons.